The third-order valence-electron chi connectivity index (χ3n) is 5.85. The molecule has 8 nitrogen and oxygen atoms in total. The quantitative estimate of drug-likeness (QED) is 0.524. The number of H-pyrrole nitrogens is 1. The molecule has 1 atom stereocenters. The van der Waals surface area contributed by atoms with Crippen molar-refractivity contribution in [1.82, 2.24) is 25.2 Å². The van der Waals surface area contributed by atoms with Gasteiger partial charge in [0.15, 0.2) is 0 Å². The number of fused-ring (bicyclic) bond motifs is 1. The number of hydrogen-bond acceptors (Lipinski definition) is 5. The first-order valence-electron chi connectivity index (χ1n) is 10.5. The third-order valence-corrected chi connectivity index (χ3v) is 5.85. The smallest absolute Gasteiger partial charge is 0.257 e. The van der Waals surface area contributed by atoms with Crippen LogP contribution in [0.25, 0.3) is 10.9 Å². The number of aromatic amines is 1. The van der Waals surface area contributed by atoms with Gasteiger partial charge in [-0.05, 0) is 53.8 Å². The molecule has 1 unspecified atom stereocenters. The highest BCUT2D eigenvalue weighted by atomic mass is 16.3. The topological polar surface area (TPSA) is 101 Å². The molecule has 0 spiro atoms. The number of tetrazole rings is 1. The van der Waals surface area contributed by atoms with E-state index in [9.17, 15) is 9.90 Å². The average molecular weight is 398 g/mol. The molecule has 1 aromatic carbocycles. The van der Waals surface area contributed by atoms with Gasteiger partial charge in [-0.1, -0.05) is 24.5 Å². The largest absolute Gasteiger partial charge is 0.396 e. The van der Waals surface area contributed by atoms with E-state index >= 15 is 0 Å². The molecule has 1 saturated carbocycles. The highest BCUT2D eigenvalue weighted by Gasteiger charge is 2.24. The Labute approximate surface area is 169 Å². The number of aromatic nitrogens is 5. The highest BCUT2D eigenvalue weighted by molar-refractivity contribution is 5.79. The molecule has 2 heterocycles. The van der Waals surface area contributed by atoms with E-state index in [-0.39, 0.29) is 12.2 Å². The summed E-state index contributed by atoms with van der Waals surface area (Å²) in [4.78, 5) is 16.8. The Hall–Kier alpha value is -2.58. The van der Waals surface area contributed by atoms with Crippen LogP contribution in [0.3, 0.4) is 0 Å². The molecule has 1 aliphatic rings. The van der Waals surface area contributed by atoms with Crippen molar-refractivity contribution in [2.45, 2.75) is 58.2 Å². The van der Waals surface area contributed by atoms with Crippen LogP contribution in [0.4, 0.5) is 0 Å². The zero-order valence-corrected chi connectivity index (χ0v) is 16.9. The maximum Gasteiger partial charge on any atom is 0.257 e. The Morgan fingerprint density at radius 3 is 2.86 bits per heavy atom. The lowest BCUT2D eigenvalue weighted by molar-refractivity contribution is -0.928. The third kappa shape index (κ3) is 4.54. The van der Waals surface area contributed by atoms with Gasteiger partial charge in [-0.15, -0.1) is 5.10 Å². The number of nitrogens with zero attached hydrogens (tertiary/aromatic N) is 4. The summed E-state index contributed by atoms with van der Waals surface area (Å²) in [5, 5.41) is 22.8. The van der Waals surface area contributed by atoms with Crippen molar-refractivity contribution in [3.05, 3.63) is 51.6 Å². The molecule has 29 heavy (non-hydrogen) atoms. The normalized spacial score (nSPS) is 15.9. The maximum atomic E-state index is 12.6. The van der Waals surface area contributed by atoms with E-state index in [2.05, 4.69) is 26.6 Å². The molecule has 1 aliphatic carbocycles. The molecule has 2 aromatic heterocycles. The van der Waals surface area contributed by atoms with Crippen LogP contribution < -0.4 is 10.5 Å². The summed E-state index contributed by atoms with van der Waals surface area (Å²) in [6, 6.07) is 8.40. The summed E-state index contributed by atoms with van der Waals surface area (Å²) in [5.74, 6) is 0.859. The van der Waals surface area contributed by atoms with E-state index in [4.69, 9.17) is 0 Å². The van der Waals surface area contributed by atoms with Crippen molar-refractivity contribution in [2.75, 3.05) is 13.2 Å². The van der Waals surface area contributed by atoms with Gasteiger partial charge in [0.1, 0.15) is 13.1 Å². The average Bonchev–Trinajstić information content (AvgIpc) is 3.38. The number of rotatable bonds is 8. The molecule has 0 amide bonds. The molecule has 8 heteroatoms. The number of aryl methyl sites for hydroxylation is 1. The number of aliphatic hydroxyl groups is 1. The molecule has 154 valence electrons. The van der Waals surface area contributed by atoms with Crippen molar-refractivity contribution in [2.24, 2.45) is 0 Å². The lowest BCUT2D eigenvalue weighted by Crippen LogP contribution is -3.09. The van der Waals surface area contributed by atoms with Gasteiger partial charge in [0.25, 0.3) is 5.56 Å². The Bertz CT molecular complexity index is 1020. The van der Waals surface area contributed by atoms with Crippen LogP contribution in [0.2, 0.25) is 0 Å². The predicted molar refractivity (Wildman–Crippen MR) is 110 cm³/mol. The zero-order valence-electron chi connectivity index (χ0n) is 16.9. The van der Waals surface area contributed by atoms with E-state index < -0.39 is 0 Å². The van der Waals surface area contributed by atoms with Crippen LogP contribution in [-0.2, 0) is 13.1 Å². The molecule has 4 rings (SSSR count). The van der Waals surface area contributed by atoms with E-state index in [1.807, 2.05) is 29.8 Å². The number of aliphatic hydroxyl groups excluding tert-OH is 1. The van der Waals surface area contributed by atoms with Gasteiger partial charge in [0.2, 0.25) is 5.82 Å². The standard InChI is InChI=1S/C21H28N6O2/c1-15-7-8-19-16(11-15)12-17(21(29)22-19)13-26(9-4-10-28)14-20-23-24-25-27(20)18-5-2-3-6-18/h7-8,11-12,18,28H,2-6,9-10,13-14H2,1H3,(H,22,29)/p+1. The van der Waals surface area contributed by atoms with Gasteiger partial charge >= 0.3 is 0 Å². The molecule has 1 fully saturated rings. The molecule has 0 bridgehead atoms. The second kappa shape index (κ2) is 8.84. The van der Waals surface area contributed by atoms with Crippen molar-refractivity contribution in [3.63, 3.8) is 0 Å². The second-order valence-corrected chi connectivity index (χ2v) is 8.12. The fourth-order valence-corrected chi connectivity index (χ4v) is 4.32. The molecule has 0 aliphatic heterocycles. The Kier molecular flexibility index (Phi) is 6.01. The van der Waals surface area contributed by atoms with Crippen LogP contribution in [-0.4, -0.2) is 43.4 Å². The summed E-state index contributed by atoms with van der Waals surface area (Å²) in [7, 11) is 0. The highest BCUT2D eigenvalue weighted by Crippen LogP contribution is 2.28. The number of pyridine rings is 1. The van der Waals surface area contributed by atoms with Gasteiger partial charge in [-0.2, -0.15) is 0 Å². The van der Waals surface area contributed by atoms with Gasteiger partial charge in [0.05, 0.1) is 18.2 Å². The van der Waals surface area contributed by atoms with Crippen LogP contribution in [0.15, 0.2) is 29.1 Å². The minimum absolute atomic E-state index is 0.0572. The summed E-state index contributed by atoms with van der Waals surface area (Å²) in [6.07, 6.45) is 5.35. The summed E-state index contributed by atoms with van der Waals surface area (Å²) in [6.45, 7) is 4.13. The second-order valence-electron chi connectivity index (χ2n) is 8.12. The lowest BCUT2D eigenvalue weighted by Gasteiger charge is -2.20. The molecule has 0 radical (unpaired) electrons. The van der Waals surface area contributed by atoms with E-state index in [1.54, 1.807) is 0 Å². The Morgan fingerprint density at radius 1 is 1.24 bits per heavy atom. The SMILES string of the molecule is Cc1ccc2[nH]c(=O)c(C[NH+](CCCO)Cc3nnnn3C3CCCC3)cc2c1. The summed E-state index contributed by atoms with van der Waals surface area (Å²) >= 11 is 0. The van der Waals surface area contributed by atoms with Gasteiger partial charge in [0, 0.05) is 18.5 Å². The Balaban J connectivity index is 1.58. The van der Waals surface area contributed by atoms with E-state index in [0.29, 0.717) is 25.6 Å². The number of nitrogens with one attached hydrogen (secondary N) is 2. The van der Waals surface area contributed by atoms with Crippen LogP contribution >= 0.6 is 0 Å². The fourth-order valence-electron chi connectivity index (χ4n) is 4.32. The molecule has 3 aromatic rings. The first-order chi connectivity index (χ1) is 14.1. The van der Waals surface area contributed by atoms with Crippen LogP contribution in [0.1, 0.15) is 55.1 Å². The summed E-state index contributed by atoms with van der Waals surface area (Å²) < 4.78 is 1.97. The van der Waals surface area contributed by atoms with Crippen molar-refractivity contribution in [3.8, 4) is 0 Å². The predicted octanol–water partition coefficient (Wildman–Crippen LogP) is 0.906. The summed E-state index contributed by atoms with van der Waals surface area (Å²) in [5.41, 5.74) is 2.70. The monoisotopic (exact) mass is 397 g/mol. The van der Waals surface area contributed by atoms with Gasteiger partial charge in [-0.25, -0.2) is 4.68 Å². The van der Waals surface area contributed by atoms with E-state index in [0.717, 1.165) is 47.2 Å². The van der Waals surface area contributed by atoms with Gasteiger partial charge in [-0.3, -0.25) is 4.79 Å². The van der Waals surface area contributed by atoms with Gasteiger partial charge < -0.3 is 15.0 Å². The number of quaternary nitrogens is 1. The fraction of sp³-hybridized carbons (Fsp3) is 0.524. The zero-order chi connectivity index (χ0) is 20.2. The molecule has 3 N–H and O–H groups in total. The van der Waals surface area contributed by atoms with E-state index in [1.165, 1.54) is 17.7 Å². The molecular weight excluding hydrogens is 368 g/mol. The minimum Gasteiger partial charge on any atom is -0.396 e. The molecular formula is C21H29N6O2+. The van der Waals surface area contributed by atoms with Crippen molar-refractivity contribution < 1.29 is 10.0 Å². The first kappa shape index (κ1) is 19.7. The minimum atomic E-state index is -0.0572. The lowest BCUT2D eigenvalue weighted by atomic mass is 10.1. The van der Waals surface area contributed by atoms with Crippen LogP contribution in [0.5, 0.6) is 0 Å². The number of hydrogen-bond donors (Lipinski definition) is 3. The molecule has 0 saturated heterocycles. The maximum absolute atomic E-state index is 12.6. The van der Waals surface area contributed by atoms with Crippen LogP contribution in [0, 0.1) is 6.92 Å². The first-order valence-corrected chi connectivity index (χ1v) is 10.5. The van der Waals surface area contributed by atoms with Crippen molar-refractivity contribution in [1.29, 1.82) is 0 Å². The number of benzene rings is 1. The van der Waals surface area contributed by atoms with Crippen molar-refractivity contribution >= 4 is 10.9 Å². The Morgan fingerprint density at radius 2 is 2.07 bits per heavy atom.